The van der Waals surface area contributed by atoms with Crippen molar-refractivity contribution in [2.45, 2.75) is 51.5 Å². The number of rotatable bonds is 6. The molecule has 1 saturated carbocycles. The summed E-state index contributed by atoms with van der Waals surface area (Å²) in [6, 6.07) is 2.55. The van der Waals surface area contributed by atoms with E-state index in [1.807, 2.05) is 12.3 Å². The van der Waals surface area contributed by atoms with Crippen molar-refractivity contribution in [2.75, 3.05) is 17.2 Å². The van der Waals surface area contributed by atoms with Gasteiger partial charge in [0.2, 0.25) is 5.95 Å². The van der Waals surface area contributed by atoms with Crippen LogP contribution >= 0.6 is 0 Å². The second-order valence-electron chi connectivity index (χ2n) is 4.67. The summed E-state index contributed by atoms with van der Waals surface area (Å²) in [5.74, 6) is 1.69. The van der Waals surface area contributed by atoms with E-state index in [0.717, 1.165) is 24.7 Å². The Hall–Kier alpha value is -1.32. The van der Waals surface area contributed by atoms with Gasteiger partial charge in [-0.1, -0.05) is 26.2 Å². The Morgan fingerprint density at radius 1 is 1.35 bits per heavy atom. The van der Waals surface area contributed by atoms with E-state index in [1.165, 1.54) is 32.1 Å². The van der Waals surface area contributed by atoms with Gasteiger partial charge in [-0.3, -0.25) is 0 Å². The molecule has 0 amide bonds. The molecular formula is C13H22N4. The normalized spacial score (nSPS) is 16.1. The third-order valence-electron chi connectivity index (χ3n) is 3.18. The van der Waals surface area contributed by atoms with Crippen molar-refractivity contribution in [2.24, 2.45) is 0 Å². The fourth-order valence-electron chi connectivity index (χ4n) is 2.18. The highest BCUT2D eigenvalue weighted by Crippen LogP contribution is 2.21. The Kier molecular flexibility index (Phi) is 4.59. The lowest BCUT2D eigenvalue weighted by Crippen LogP contribution is -2.16. The van der Waals surface area contributed by atoms with E-state index in [9.17, 15) is 0 Å². The third kappa shape index (κ3) is 3.88. The van der Waals surface area contributed by atoms with Gasteiger partial charge in [-0.2, -0.15) is 4.98 Å². The zero-order valence-electron chi connectivity index (χ0n) is 10.6. The van der Waals surface area contributed by atoms with Crippen molar-refractivity contribution in [1.82, 2.24) is 9.97 Å². The van der Waals surface area contributed by atoms with Crippen LogP contribution in [0.25, 0.3) is 0 Å². The molecule has 0 radical (unpaired) electrons. The van der Waals surface area contributed by atoms with Crippen LogP contribution in [-0.4, -0.2) is 22.6 Å². The molecule has 1 heterocycles. The molecule has 4 heteroatoms. The van der Waals surface area contributed by atoms with Gasteiger partial charge in [0.25, 0.3) is 0 Å². The predicted octanol–water partition coefficient (Wildman–Crippen LogP) is 3.04. The van der Waals surface area contributed by atoms with Gasteiger partial charge in [0.1, 0.15) is 5.82 Å². The molecule has 0 saturated heterocycles. The zero-order valence-corrected chi connectivity index (χ0v) is 10.6. The van der Waals surface area contributed by atoms with Gasteiger partial charge in [-0.05, 0) is 25.3 Å². The summed E-state index contributed by atoms with van der Waals surface area (Å²) in [5, 5.41) is 6.73. The van der Waals surface area contributed by atoms with Crippen LogP contribution < -0.4 is 10.6 Å². The predicted molar refractivity (Wildman–Crippen MR) is 71.3 cm³/mol. The average Bonchev–Trinajstić information content (AvgIpc) is 2.83. The Bertz CT molecular complexity index is 334. The average molecular weight is 234 g/mol. The number of anilines is 2. The standard InChI is InChI=1S/C13H22N4/c1-2-3-9-14-13-15-10-8-12(17-13)16-11-6-4-5-7-11/h8,10-11H,2-7,9H2,1H3,(H2,14,15,16,17). The fourth-order valence-corrected chi connectivity index (χ4v) is 2.18. The molecule has 1 aliphatic carbocycles. The summed E-state index contributed by atoms with van der Waals surface area (Å²) in [7, 11) is 0. The summed E-state index contributed by atoms with van der Waals surface area (Å²) in [6.07, 6.45) is 9.37. The molecule has 1 aliphatic rings. The van der Waals surface area contributed by atoms with Crippen LogP contribution in [-0.2, 0) is 0 Å². The highest BCUT2D eigenvalue weighted by atomic mass is 15.1. The quantitative estimate of drug-likeness (QED) is 0.743. The molecule has 94 valence electrons. The van der Waals surface area contributed by atoms with Crippen LogP contribution in [0.5, 0.6) is 0 Å². The summed E-state index contributed by atoms with van der Waals surface area (Å²) < 4.78 is 0. The van der Waals surface area contributed by atoms with Crippen molar-refractivity contribution in [3.8, 4) is 0 Å². The molecule has 0 unspecified atom stereocenters. The number of nitrogens with one attached hydrogen (secondary N) is 2. The molecule has 2 N–H and O–H groups in total. The van der Waals surface area contributed by atoms with Gasteiger partial charge < -0.3 is 10.6 Å². The van der Waals surface area contributed by atoms with E-state index in [1.54, 1.807) is 0 Å². The molecule has 17 heavy (non-hydrogen) atoms. The smallest absolute Gasteiger partial charge is 0.224 e. The van der Waals surface area contributed by atoms with Gasteiger partial charge >= 0.3 is 0 Å². The minimum absolute atomic E-state index is 0.605. The Balaban J connectivity index is 1.86. The topological polar surface area (TPSA) is 49.8 Å². The first kappa shape index (κ1) is 12.1. The summed E-state index contributed by atoms with van der Waals surface area (Å²) in [5.41, 5.74) is 0. The van der Waals surface area contributed by atoms with E-state index in [4.69, 9.17) is 0 Å². The van der Waals surface area contributed by atoms with Gasteiger partial charge in [-0.25, -0.2) is 4.98 Å². The van der Waals surface area contributed by atoms with E-state index in [-0.39, 0.29) is 0 Å². The van der Waals surface area contributed by atoms with Crippen LogP contribution in [0.4, 0.5) is 11.8 Å². The van der Waals surface area contributed by atoms with Crippen molar-refractivity contribution in [3.63, 3.8) is 0 Å². The molecule has 1 fully saturated rings. The van der Waals surface area contributed by atoms with Crippen LogP contribution in [0, 0.1) is 0 Å². The fraction of sp³-hybridized carbons (Fsp3) is 0.692. The van der Waals surface area contributed by atoms with Gasteiger partial charge in [0.15, 0.2) is 0 Å². The molecule has 1 aromatic heterocycles. The summed E-state index contributed by atoms with van der Waals surface area (Å²) in [6.45, 7) is 3.13. The molecular weight excluding hydrogens is 212 g/mol. The minimum atomic E-state index is 0.605. The monoisotopic (exact) mass is 234 g/mol. The van der Waals surface area contributed by atoms with Crippen molar-refractivity contribution < 1.29 is 0 Å². The van der Waals surface area contributed by atoms with Gasteiger partial charge in [0.05, 0.1) is 0 Å². The Morgan fingerprint density at radius 2 is 2.18 bits per heavy atom. The van der Waals surface area contributed by atoms with Crippen LogP contribution in [0.1, 0.15) is 45.4 Å². The Labute approximate surface area is 103 Å². The molecule has 0 atom stereocenters. The molecule has 0 aromatic carbocycles. The maximum atomic E-state index is 4.47. The second-order valence-corrected chi connectivity index (χ2v) is 4.67. The maximum absolute atomic E-state index is 4.47. The molecule has 2 rings (SSSR count). The first-order valence-corrected chi connectivity index (χ1v) is 6.72. The van der Waals surface area contributed by atoms with Crippen molar-refractivity contribution in [1.29, 1.82) is 0 Å². The van der Waals surface area contributed by atoms with Gasteiger partial charge in [-0.15, -0.1) is 0 Å². The van der Waals surface area contributed by atoms with Crippen molar-refractivity contribution in [3.05, 3.63) is 12.3 Å². The highest BCUT2D eigenvalue weighted by molar-refractivity contribution is 5.40. The molecule has 4 nitrogen and oxygen atoms in total. The number of nitrogens with zero attached hydrogens (tertiary/aromatic N) is 2. The number of hydrogen-bond donors (Lipinski definition) is 2. The first-order valence-electron chi connectivity index (χ1n) is 6.72. The first-order chi connectivity index (χ1) is 8.38. The highest BCUT2D eigenvalue weighted by Gasteiger charge is 2.14. The van der Waals surface area contributed by atoms with Crippen molar-refractivity contribution >= 4 is 11.8 Å². The Morgan fingerprint density at radius 3 is 2.94 bits per heavy atom. The van der Waals surface area contributed by atoms with Crippen LogP contribution in [0.15, 0.2) is 12.3 Å². The second kappa shape index (κ2) is 6.42. The summed E-state index contributed by atoms with van der Waals surface area (Å²) in [4.78, 5) is 8.70. The lowest BCUT2D eigenvalue weighted by Gasteiger charge is -2.13. The maximum Gasteiger partial charge on any atom is 0.224 e. The molecule has 1 aromatic rings. The van der Waals surface area contributed by atoms with Gasteiger partial charge in [0, 0.05) is 18.8 Å². The lowest BCUT2D eigenvalue weighted by molar-refractivity contribution is 0.749. The lowest BCUT2D eigenvalue weighted by atomic mass is 10.2. The molecule has 0 bridgehead atoms. The van der Waals surface area contributed by atoms with Crippen LogP contribution in [0.3, 0.4) is 0 Å². The van der Waals surface area contributed by atoms with E-state index >= 15 is 0 Å². The molecule has 0 aliphatic heterocycles. The number of hydrogen-bond acceptors (Lipinski definition) is 4. The largest absolute Gasteiger partial charge is 0.367 e. The van der Waals surface area contributed by atoms with Crippen LogP contribution in [0.2, 0.25) is 0 Å². The van der Waals surface area contributed by atoms with E-state index in [0.29, 0.717) is 6.04 Å². The molecule has 0 spiro atoms. The summed E-state index contributed by atoms with van der Waals surface area (Å²) >= 11 is 0. The minimum Gasteiger partial charge on any atom is -0.367 e. The number of unbranched alkanes of at least 4 members (excludes halogenated alkanes) is 1. The third-order valence-corrected chi connectivity index (χ3v) is 3.18. The SMILES string of the molecule is CCCCNc1nccc(NC2CCCC2)n1. The van der Waals surface area contributed by atoms with E-state index in [2.05, 4.69) is 27.5 Å². The van der Waals surface area contributed by atoms with E-state index < -0.39 is 0 Å². The zero-order chi connectivity index (χ0) is 11.9. The number of aromatic nitrogens is 2.